The normalized spacial score (nSPS) is 20.2. The molecule has 2 aliphatic rings. The largest absolute Gasteiger partial charge is 0.490 e. The third-order valence-corrected chi connectivity index (χ3v) is 7.60. The summed E-state index contributed by atoms with van der Waals surface area (Å²) >= 11 is 0.937. The highest BCUT2D eigenvalue weighted by Crippen LogP contribution is 2.48. The van der Waals surface area contributed by atoms with Crippen molar-refractivity contribution in [3.63, 3.8) is 0 Å². The summed E-state index contributed by atoms with van der Waals surface area (Å²) in [4.78, 5) is 24.1. The molecule has 2 aromatic carbocycles. The summed E-state index contributed by atoms with van der Waals surface area (Å²) in [5.41, 5.74) is 7.31. The highest BCUT2D eigenvalue weighted by molar-refractivity contribution is 8.18. The van der Waals surface area contributed by atoms with Crippen LogP contribution in [0.4, 0.5) is 4.79 Å². The van der Waals surface area contributed by atoms with Crippen LogP contribution in [0.5, 0.6) is 5.75 Å². The number of hydrogen-bond acceptors (Lipinski definition) is 4. The molecule has 1 aliphatic heterocycles. The van der Waals surface area contributed by atoms with E-state index in [0.717, 1.165) is 40.6 Å². The zero-order valence-electron chi connectivity index (χ0n) is 20.6. The summed E-state index contributed by atoms with van der Waals surface area (Å²) in [5, 5.41) is 1.99. The number of hydrogen-bond donors (Lipinski definition) is 1. The number of aryl methyl sites for hydroxylation is 1. The van der Waals surface area contributed by atoms with Crippen LogP contribution < -0.4 is 10.1 Å². The molecule has 1 N–H and O–H groups in total. The Morgan fingerprint density at radius 3 is 2.18 bits per heavy atom. The Kier molecular flexibility index (Phi) is 5.98. The maximum atomic E-state index is 12.1. The number of carbonyl (C=O) groups excluding carboxylic acids is 2. The SMILES string of the molecule is Cc1cc2c(cc1-c1cc(/C=C3/SC(=O)NC3=O)ccc1OC(C)C)C(C)(C)CCC2(C)C. The van der Waals surface area contributed by atoms with Crippen molar-refractivity contribution in [1.29, 1.82) is 0 Å². The van der Waals surface area contributed by atoms with Crippen LogP contribution in [0.2, 0.25) is 0 Å². The molecule has 0 atom stereocenters. The van der Waals surface area contributed by atoms with Gasteiger partial charge in [0.2, 0.25) is 0 Å². The smallest absolute Gasteiger partial charge is 0.290 e. The van der Waals surface area contributed by atoms with E-state index in [-0.39, 0.29) is 28.1 Å². The van der Waals surface area contributed by atoms with Crippen molar-refractivity contribution in [2.75, 3.05) is 0 Å². The lowest BCUT2D eigenvalue weighted by Gasteiger charge is -2.42. The number of thioether (sulfide) groups is 1. The first-order valence-electron chi connectivity index (χ1n) is 11.6. The van der Waals surface area contributed by atoms with Crippen LogP contribution in [-0.4, -0.2) is 17.3 Å². The second-order valence-corrected chi connectivity index (χ2v) is 11.8. The highest BCUT2D eigenvalue weighted by Gasteiger charge is 2.37. The lowest BCUT2D eigenvalue weighted by Crippen LogP contribution is -2.34. The standard InChI is InChI=1S/C28H33NO3S/c1-16(2)32-23-9-8-18(14-24-25(30)29-26(31)33-24)13-20(23)19-15-22-21(12-17(19)3)27(4,5)10-11-28(22,6)7/h8-9,12-16H,10-11H2,1-7H3,(H,29,30,31)/b24-14+. The number of nitrogens with one attached hydrogen (secondary N) is 1. The van der Waals surface area contributed by atoms with Crippen LogP contribution in [0.1, 0.15) is 76.6 Å². The molecule has 2 aromatic rings. The highest BCUT2D eigenvalue weighted by atomic mass is 32.2. The average Bonchev–Trinajstić information content (AvgIpc) is 3.03. The Morgan fingerprint density at radius 1 is 0.970 bits per heavy atom. The molecular weight excluding hydrogens is 430 g/mol. The van der Waals surface area contributed by atoms with Crippen molar-refractivity contribution >= 4 is 29.0 Å². The molecule has 4 rings (SSSR count). The van der Waals surface area contributed by atoms with Crippen LogP contribution in [0.3, 0.4) is 0 Å². The van der Waals surface area contributed by atoms with E-state index in [0.29, 0.717) is 4.91 Å². The van der Waals surface area contributed by atoms with E-state index >= 15 is 0 Å². The minimum absolute atomic E-state index is 0.0371. The zero-order valence-corrected chi connectivity index (χ0v) is 21.4. The molecule has 1 heterocycles. The van der Waals surface area contributed by atoms with E-state index in [2.05, 4.69) is 58.1 Å². The van der Waals surface area contributed by atoms with Gasteiger partial charge in [0.25, 0.3) is 11.1 Å². The Balaban J connectivity index is 1.89. The molecular formula is C28H33NO3S. The van der Waals surface area contributed by atoms with E-state index in [4.69, 9.17) is 4.74 Å². The van der Waals surface area contributed by atoms with E-state index in [9.17, 15) is 9.59 Å². The molecule has 33 heavy (non-hydrogen) atoms. The summed E-state index contributed by atoms with van der Waals surface area (Å²) in [6, 6.07) is 10.7. The van der Waals surface area contributed by atoms with Gasteiger partial charge in [-0.15, -0.1) is 0 Å². The molecule has 0 aromatic heterocycles. The Morgan fingerprint density at radius 2 is 1.61 bits per heavy atom. The van der Waals surface area contributed by atoms with E-state index in [1.807, 2.05) is 26.0 Å². The third kappa shape index (κ3) is 4.61. The lowest BCUT2D eigenvalue weighted by molar-refractivity contribution is -0.115. The van der Waals surface area contributed by atoms with Gasteiger partial charge in [-0.05, 0) is 108 Å². The fraction of sp³-hybridized carbons (Fsp3) is 0.429. The van der Waals surface area contributed by atoms with Crippen molar-refractivity contribution in [3.8, 4) is 16.9 Å². The van der Waals surface area contributed by atoms with E-state index in [1.165, 1.54) is 23.1 Å². The van der Waals surface area contributed by atoms with Crippen LogP contribution >= 0.6 is 11.8 Å². The molecule has 4 nitrogen and oxygen atoms in total. The fourth-order valence-corrected chi connectivity index (χ4v) is 5.47. The van der Waals surface area contributed by atoms with Crippen LogP contribution in [0.15, 0.2) is 35.2 Å². The van der Waals surface area contributed by atoms with Gasteiger partial charge in [-0.3, -0.25) is 14.9 Å². The van der Waals surface area contributed by atoms with Gasteiger partial charge in [0, 0.05) is 5.56 Å². The third-order valence-electron chi connectivity index (χ3n) is 6.79. The molecule has 0 saturated carbocycles. The first-order chi connectivity index (χ1) is 15.4. The predicted molar refractivity (Wildman–Crippen MR) is 137 cm³/mol. The van der Waals surface area contributed by atoms with Crippen LogP contribution in [0, 0.1) is 6.92 Å². The van der Waals surface area contributed by atoms with Gasteiger partial charge in [0.15, 0.2) is 0 Å². The second-order valence-electron chi connectivity index (χ2n) is 10.8. The fourth-order valence-electron chi connectivity index (χ4n) is 4.79. The summed E-state index contributed by atoms with van der Waals surface area (Å²) in [5.74, 6) is 0.477. The zero-order chi connectivity index (χ0) is 24.1. The Labute approximate surface area is 201 Å². The topological polar surface area (TPSA) is 55.4 Å². The summed E-state index contributed by atoms with van der Waals surface area (Å²) in [6.45, 7) is 15.6. The number of fused-ring (bicyclic) bond motifs is 1. The number of carbonyl (C=O) groups is 2. The van der Waals surface area contributed by atoms with Crippen molar-refractivity contribution in [2.24, 2.45) is 0 Å². The van der Waals surface area contributed by atoms with Gasteiger partial charge in [0.05, 0.1) is 11.0 Å². The second kappa shape index (κ2) is 8.35. The predicted octanol–water partition coefficient (Wildman–Crippen LogP) is 7.12. The maximum absolute atomic E-state index is 12.1. The molecule has 174 valence electrons. The minimum Gasteiger partial charge on any atom is -0.490 e. The van der Waals surface area contributed by atoms with Crippen molar-refractivity contribution < 1.29 is 14.3 Å². The minimum atomic E-state index is -0.344. The number of rotatable bonds is 4. The van der Waals surface area contributed by atoms with Crippen molar-refractivity contribution in [3.05, 3.63) is 57.5 Å². The Bertz CT molecular complexity index is 1170. The van der Waals surface area contributed by atoms with Gasteiger partial charge in [0.1, 0.15) is 5.75 Å². The summed E-state index contributed by atoms with van der Waals surface area (Å²) < 4.78 is 6.20. The monoisotopic (exact) mass is 463 g/mol. The molecule has 0 bridgehead atoms. The quantitative estimate of drug-likeness (QED) is 0.490. The molecule has 0 spiro atoms. The van der Waals surface area contributed by atoms with Crippen molar-refractivity contribution in [2.45, 2.75) is 78.2 Å². The van der Waals surface area contributed by atoms with E-state index in [1.54, 1.807) is 6.08 Å². The molecule has 1 aliphatic carbocycles. The van der Waals surface area contributed by atoms with E-state index < -0.39 is 0 Å². The molecule has 1 saturated heterocycles. The first kappa shape index (κ1) is 23.6. The van der Waals surface area contributed by atoms with Gasteiger partial charge in [-0.25, -0.2) is 0 Å². The molecule has 0 unspecified atom stereocenters. The number of imide groups is 1. The van der Waals surface area contributed by atoms with Crippen LogP contribution in [0.25, 0.3) is 17.2 Å². The van der Waals surface area contributed by atoms with Gasteiger partial charge < -0.3 is 4.74 Å². The van der Waals surface area contributed by atoms with Crippen molar-refractivity contribution in [1.82, 2.24) is 5.32 Å². The number of benzene rings is 2. The molecule has 1 fully saturated rings. The molecule has 2 amide bonds. The summed E-state index contributed by atoms with van der Waals surface area (Å²) in [7, 11) is 0. The molecule has 0 radical (unpaired) electrons. The maximum Gasteiger partial charge on any atom is 0.290 e. The van der Waals surface area contributed by atoms with Crippen LogP contribution in [-0.2, 0) is 15.6 Å². The number of amides is 2. The van der Waals surface area contributed by atoms with Gasteiger partial charge in [-0.2, -0.15) is 0 Å². The van der Waals surface area contributed by atoms with Gasteiger partial charge in [-0.1, -0.05) is 39.8 Å². The average molecular weight is 464 g/mol. The number of ether oxygens (including phenoxy) is 1. The molecule has 5 heteroatoms. The Hall–Kier alpha value is -2.53. The van der Waals surface area contributed by atoms with Gasteiger partial charge >= 0.3 is 0 Å². The lowest BCUT2D eigenvalue weighted by atomic mass is 9.62. The summed E-state index contributed by atoms with van der Waals surface area (Å²) in [6.07, 6.45) is 4.13. The first-order valence-corrected chi connectivity index (χ1v) is 12.4.